The van der Waals surface area contributed by atoms with Crippen LogP contribution in [-0.4, -0.2) is 0 Å². The summed E-state index contributed by atoms with van der Waals surface area (Å²) in [5.74, 6) is 0.264. The average molecular weight is 264 g/mol. The van der Waals surface area contributed by atoms with E-state index >= 15 is 0 Å². The van der Waals surface area contributed by atoms with Gasteiger partial charge in [-0.05, 0) is 29.6 Å². The third-order valence-electron chi connectivity index (χ3n) is 3.20. The molecule has 1 unspecified atom stereocenters. The lowest BCUT2D eigenvalue weighted by Crippen LogP contribution is -2.02. The van der Waals surface area contributed by atoms with Crippen LogP contribution in [0.25, 0.3) is 0 Å². The molecule has 1 aliphatic carbocycles. The maximum atomic E-state index is 4.00. The van der Waals surface area contributed by atoms with Crippen molar-refractivity contribution in [1.82, 2.24) is 0 Å². The van der Waals surface area contributed by atoms with Crippen molar-refractivity contribution < 1.29 is 0 Å². The van der Waals surface area contributed by atoms with Gasteiger partial charge in [-0.3, -0.25) is 0 Å². The smallest absolute Gasteiger partial charge is 0.0204 e. The first kappa shape index (κ1) is 16.0. The van der Waals surface area contributed by atoms with E-state index in [-0.39, 0.29) is 5.92 Å². The Labute approximate surface area is 123 Å². The van der Waals surface area contributed by atoms with E-state index in [0.29, 0.717) is 0 Å². The first-order valence-electron chi connectivity index (χ1n) is 7.10. The van der Waals surface area contributed by atoms with Crippen LogP contribution in [0.15, 0.2) is 97.2 Å². The van der Waals surface area contributed by atoms with Crippen LogP contribution in [0.3, 0.4) is 0 Å². The van der Waals surface area contributed by atoms with Crippen LogP contribution in [-0.2, 0) is 0 Å². The average Bonchev–Trinajstić information content (AvgIpc) is 2.44. The van der Waals surface area contributed by atoms with E-state index in [0.717, 1.165) is 18.4 Å². The molecular formula is C20H24. The topological polar surface area (TPSA) is 0 Å². The quantitative estimate of drug-likeness (QED) is 0.416. The molecule has 0 N–H and O–H groups in total. The molecule has 0 spiro atoms. The second-order valence-corrected chi connectivity index (χ2v) is 4.56. The maximum absolute atomic E-state index is 4.00. The van der Waals surface area contributed by atoms with Crippen LogP contribution in [0, 0.1) is 5.92 Å². The van der Waals surface area contributed by atoms with Gasteiger partial charge < -0.3 is 0 Å². The molecule has 0 heteroatoms. The lowest BCUT2D eigenvalue weighted by atomic mass is 9.87. The van der Waals surface area contributed by atoms with E-state index in [1.54, 1.807) is 6.08 Å². The van der Waals surface area contributed by atoms with Crippen molar-refractivity contribution in [2.24, 2.45) is 5.92 Å². The Hall–Kier alpha value is -2.08. The lowest BCUT2D eigenvalue weighted by molar-refractivity contribution is 0.967. The fraction of sp³-hybridized carbons (Fsp3) is 0.200. The fourth-order valence-electron chi connectivity index (χ4n) is 2.22. The fourth-order valence-corrected chi connectivity index (χ4v) is 2.22. The summed E-state index contributed by atoms with van der Waals surface area (Å²) in [6, 6.07) is 0. The minimum Gasteiger partial charge on any atom is -0.0990 e. The van der Waals surface area contributed by atoms with E-state index in [1.165, 1.54) is 11.1 Å². The van der Waals surface area contributed by atoms with Crippen LogP contribution in [0.2, 0.25) is 0 Å². The third kappa shape index (κ3) is 4.24. The predicted molar refractivity (Wildman–Crippen MR) is 91.5 cm³/mol. The molecule has 0 nitrogen and oxygen atoms in total. The summed E-state index contributed by atoms with van der Waals surface area (Å²) in [5.41, 5.74) is 3.45. The van der Waals surface area contributed by atoms with Crippen LogP contribution in [0.5, 0.6) is 0 Å². The molecule has 0 fully saturated rings. The molecule has 0 amide bonds. The molecule has 0 bridgehead atoms. The molecule has 104 valence electrons. The van der Waals surface area contributed by atoms with Gasteiger partial charge in [-0.25, -0.2) is 0 Å². The first-order valence-corrected chi connectivity index (χ1v) is 7.10. The molecule has 1 atom stereocenters. The Bertz CT molecular complexity index is 504. The van der Waals surface area contributed by atoms with Crippen LogP contribution < -0.4 is 0 Å². The highest BCUT2D eigenvalue weighted by atomic mass is 14.2. The number of hydrogen-bond acceptors (Lipinski definition) is 0. The molecule has 0 saturated heterocycles. The summed E-state index contributed by atoms with van der Waals surface area (Å²) >= 11 is 0. The van der Waals surface area contributed by atoms with Crippen molar-refractivity contribution in [3.8, 4) is 0 Å². The Kier molecular flexibility index (Phi) is 7.13. The Morgan fingerprint density at radius 1 is 1.30 bits per heavy atom. The molecule has 0 radical (unpaired) electrons. The van der Waals surface area contributed by atoms with Gasteiger partial charge in [-0.15, -0.1) is 0 Å². The van der Waals surface area contributed by atoms with Gasteiger partial charge in [-0.2, -0.15) is 0 Å². The summed E-state index contributed by atoms with van der Waals surface area (Å²) in [6.45, 7) is 13.8. The van der Waals surface area contributed by atoms with E-state index < -0.39 is 0 Å². The molecule has 1 rings (SSSR count). The lowest BCUT2D eigenvalue weighted by Gasteiger charge is -2.17. The van der Waals surface area contributed by atoms with Gasteiger partial charge in [0.1, 0.15) is 0 Å². The zero-order valence-corrected chi connectivity index (χ0v) is 12.4. The van der Waals surface area contributed by atoms with Gasteiger partial charge in [-0.1, -0.05) is 87.4 Å². The van der Waals surface area contributed by atoms with Crippen molar-refractivity contribution >= 4 is 0 Å². The predicted octanol–water partition coefficient (Wildman–Crippen LogP) is 5.87. The molecule has 0 aromatic rings. The zero-order chi connectivity index (χ0) is 14.8. The molecular weight excluding hydrogens is 240 g/mol. The van der Waals surface area contributed by atoms with E-state index in [2.05, 4.69) is 63.1 Å². The standard InChI is InChI=1S/C20H24/c1-5-9-14-18-15-11-10-12-16-20(19(18)8-4)17(7-3)13-6-2/h6-9,11-16,18H,2-5,10H2,1H3/b14-9-,15-11-,16-12-,17-13+,20-19+. The van der Waals surface area contributed by atoms with Crippen LogP contribution in [0.4, 0.5) is 0 Å². The maximum Gasteiger partial charge on any atom is 0.0204 e. The number of hydrogen-bond donors (Lipinski definition) is 0. The molecule has 0 aliphatic heterocycles. The Balaban J connectivity index is 3.42. The van der Waals surface area contributed by atoms with Crippen molar-refractivity contribution in [3.05, 3.63) is 97.2 Å². The van der Waals surface area contributed by atoms with Crippen molar-refractivity contribution in [3.63, 3.8) is 0 Å². The highest BCUT2D eigenvalue weighted by Crippen LogP contribution is 2.28. The van der Waals surface area contributed by atoms with Gasteiger partial charge in [0.15, 0.2) is 0 Å². The molecule has 0 aromatic heterocycles. The van der Waals surface area contributed by atoms with Gasteiger partial charge in [0.25, 0.3) is 0 Å². The van der Waals surface area contributed by atoms with E-state index in [4.69, 9.17) is 0 Å². The molecule has 0 heterocycles. The molecule has 0 saturated carbocycles. The van der Waals surface area contributed by atoms with Crippen LogP contribution in [0.1, 0.15) is 19.8 Å². The Morgan fingerprint density at radius 2 is 2.10 bits per heavy atom. The van der Waals surface area contributed by atoms with Crippen molar-refractivity contribution in [1.29, 1.82) is 0 Å². The van der Waals surface area contributed by atoms with E-state index in [1.807, 2.05) is 18.2 Å². The summed E-state index contributed by atoms with van der Waals surface area (Å²) in [4.78, 5) is 0. The highest BCUT2D eigenvalue weighted by Gasteiger charge is 2.12. The third-order valence-corrected chi connectivity index (χ3v) is 3.20. The van der Waals surface area contributed by atoms with Gasteiger partial charge in [0.2, 0.25) is 0 Å². The molecule has 0 aromatic carbocycles. The van der Waals surface area contributed by atoms with Crippen molar-refractivity contribution in [2.45, 2.75) is 19.8 Å². The summed E-state index contributed by atoms with van der Waals surface area (Å²) in [5, 5.41) is 0. The second-order valence-electron chi connectivity index (χ2n) is 4.56. The highest BCUT2D eigenvalue weighted by molar-refractivity contribution is 5.55. The SMILES string of the molecule is C=C/C=C(C=C)/C1=C(\C=C)C(/C=C\CC)/C=C\C/C=C\1. The molecule has 1 aliphatic rings. The molecule has 20 heavy (non-hydrogen) atoms. The van der Waals surface area contributed by atoms with E-state index in [9.17, 15) is 0 Å². The summed E-state index contributed by atoms with van der Waals surface area (Å²) < 4.78 is 0. The van der Waals surface area contributed by atoms with Gasteiger partial charge >= 0.3 is 0 Å². The van der Waals surface area contributed by atoms with Gasteiger partial charge in [0.05, 0.1) is 0 Å². The van der Waals surface area contributed by atoms with Crippen LogP contribution >= 0.6 is 0 Å². The number of allylic oxidation sites excluding steroid dienone is 13. The zero-order valence-electron chi connectivity index (χ0n) is 12.4. The van der Waals surface area contributed by atoms with Gasteiger partial charge in [0, 0.05) is 5.92 Å². The second kappa shape index (κ2) is 8.92. The normalized spacial score (nSPS) is 26.6. The minimum absolute atomic E-state index is 0.264. The van der Waals surface area contributed by atoms with Crippen molar-refractivity contribution in [2.75, 3.05) is 0 Å². The summed E-state index contributed by atoms with van der Waals surface area (Å²) in [6.07, 6.45) is 22.8. The first-order chi connectivity index (χ1) is 9.78. The Morgan fingerprint density at radius 3 is 2.70 bits per heavy atom. The monoisotopic (exact) mass is 264 g/mol. The summed E-state index contributed by atoms with van der Waals surface area (Å²) in [7, 11) is 0. The largest absolute Gasteiger partial charge is 0.0990 e. The number of rotatable bonds is 6. The minimum atomic E-state index is 0.264.